The highest BCUT2D eigenvalue weighted by Crippen LogP contribution is 2.26. The van der Waals surface area contributed by atoms with Crippen LogP contribution >= 0.6 is 23.2 Å². The molecule has 3 rings (SSSR count). The van der Waals surface area contributed by atoms with E-state index in [1.54, 1.807) is 42.3 Å². The highest BCUT2D eigenvalue weighted by atomic mass is 35.5. The largest absolute Gasteiger partial charge is 0.328 e. The van der Waals surface area contributed by atoms with Crippen LogP contribution in [-0.2, 0) is 0 Å². The van der Waals surface area contributed by atoms with Gasteiger partial charge in [0.2, 0.25) is 0 Å². The van der Waals surface area contributed by atoms with Crippen LogP contribution in [0.5, 0.6) is 0 Å². The van der Waals surface area contributed by atoms with Crippen LogP contribution in [0.3, 0.4) is 0 Å². The normalized spacial score (nSPS) is 18.9. The van der Waals surface area contributed by atoms with Crippen LogP contribution < -0.4 is 16.2 Å². The first kappa shape index (κ1) is 20.9. The Bertz CT molecular complexity index is 818. The second-order valence-corrected chi connectivity index (χ2v) is 7.79. The van der Waals surface area contributed by atoms with E-state index in [0.717, 1.165) is 24.8 Å². The lowest BCUT2D eigenvalue weighted by Gasteiger charge is -2.19. The van der Waals surface area contributed by atoms with Crippen molar-refractivity contribution in [3.05, 3.63) is 63.9 Å². The third kappa shape index (κ3) is 5.58. The summed E-state index contributed by atoms with van der Waals surface area (Å²) in [6.07, 6.45) is 2.68. The van der Waals surface area contributed by atoms with Gasteiger partial charge in [-0.2, -0.15) is 0 Å². The molecule has 0 radical (unpaired) electrons. The van der Waals surface area contributed by atoms with Gasteiger partial charge in [0.05, 0.1) is 10.7 Å². The van der Waals surface area contributed by atoms with Crippen molar-refractivity contribution in [3.63, 3.8) is 0 Å². The first-order valence-electron chi connectivity index (χ1n) is 9.16. The number of benzene rings is 2. The van der Waals surface area contributed by atoms with E-state index < -0.39 is 0 Å². The number of hydrogen-bond donors (Lipinski definition) is 3. The standard InChI is InChI=1S/C20H23Cl2FN4O/c1-27(20(28)24-19-11-14(21)6-9-17(19)22)10-2-3-16-12-18(26-25-16)13-4-7-15(23)8-5-13/h4-9,11,16,18,25-26H,2-3,10,12H2,1H3,(H,24,28). The molecule has 2 aromatic carbocycles. The van der Waals surface area contributed by atoms with Crippen molar-refractivity contribution in [1.82, 2.24) is 15.8 Å². The van der Waals surface area contributed by atoms with Crippen molar-refractivity contribution < 1.29 is 9.18 Å². The van der Waals surface area contributed by atoms with E-state index in [1.165, 1.54) is 12.1 Å². The number of hydrogen-bond acceptors (Lipinski definition) is 3. The van der Waals surface area contributed by atoms with E-state index in [-0.39, 0.29) is 17.9 Å². The number of amides is 2. The average Bonchev–Trinajstić information content (AvgIpc) is 3.14. The molecule has 150 valence electrons. The molecule has 5 nitrogen and oxygen atoms in total. The Morgan fingerprint density at radius 3 is 2.71 bits per heavy atom. The first-order valence-corrected chi connectivity index (χ1v) is 9.91. The predicted octanol–water partition coefficient (Wildman–Crippen LogP) is 4.98. The zero-order valence-electron chi connectivity index (χ0n) is 15.5. The molecule has 2 amide bonds. The minimum Gasteiger partial charge on any atom is -0.328 e. The Kier molecular flexibility index (Phi) is 7.13. The lowest BCUT2D eigenvalue weighted by molar-refractivity contribution is 0.221. The summed E-state index contributed by atoms with van der Waals surface area (Å²) in [6, 6.07) is 11.7. The number of hydrazine groups is 1. The predicted molar refractivity (Wildman–Crippen MR) is 111 cm³/mol. The summed E-state index contributed by atoms with van der Waals surface area (Å²) in [5.41, 5.74) is 8.09. The van der Waals surface area contributed by atoms with Gasteiger partial charge in [-0.05, 0) is 55.2 Å². The van der Waals surface area contributed by atoms with Gasteiger partial charge in [-0.25, -0.2) is 9.18 Å². The Labute approximate surface area is 174 Å². The van der Waals surface area contributed by atoms with E-state index in [2.05, 4.69) is 16.2 Å². The number of urea groups is 1. The van der Waals surface area contributed by atoms with Gasteiger partial charge in [-0.3, -0.25) is 10.9 Å². The van der Waals surface area contributed by atoms with Gasteiger partial charge in [0.1, 0.15) is 5.82 Å². The molecule has 0 saturated carbocycles. The van der Waals surface area contributed by atoms with Crippen LogP contribution in [0, 0.1) is 5.82 Å². The van der Waals surface area contributed by atoms with E-state index in [4.69, 9.17) is 23.2 Å². The minimum absolute atomic E-state index is 0.164. The van der Waals surface area contributed by atoms with Gasteiger partial charge in [-0.15, -0.1) is 0 Å². The molecule has 8 heteroatoms. The molecule has 28 heavy (non-hydrogen) atoms. The molecule has 3 N–H and O–H groups in total. The van der Waals surface area contributed by atoms with Gasteiger partial charge < -0.3 is 10.2 Å². The Hall–Kier alpha value is -1.86. The van der Waals surface area contributed by atoms with Crippen LogP contribution in [0.4, 0.5) is 14.9 Å². The third-order valence-electron chi connectivity index (χ3n) is 4.82. The fourth-order valence-electron chi connectivity index (χ4n) is 3.21. The molecule has 1 heterocycles. The number of halogens is 3. The fraction of sp³-hybridized carbons (Fsp3) is 0.350. The second kappa shape index (κ2) is 9.56. The lowest BCUT2D eigenvalue weighted by atomic mass is 10.00. The molecule has 2 aromatic rings. The number of nitrogens with one attached hydrogen (secondary N) is 3. The third-order valence-corrected chi connectivity index (χ3v) is 5.38. The quantitative estimate of drug-likeness (QED) is 0.612. The Morgan fingerprint density at radius 2 is 1.96 bits per heavy atom. The van der Waals surface area contributed by atoms with Crippen LogP contribution in [0.1, 0.15) is 30.9 Å². The van der Waals surface area contributed by atoms with Gasteiger partial charge >= 0.3 is 6.03 Å². The molecule has 1 saturated heterocycles. The molecule has 0 spiro atoms. The van der Waals surface area contributed by atoms with Crippen molar-refractivity contribution in [2.45, 2.75) is 31.3 Å². The van der Waals surface area contributed by atoms with Crippen molar-refractivity contribution in [2.24, 2.45) is 0 Å². The zero-order valence-corrected chi connectivity index (χ0v) is 17.0. The molecule has 0 aromatic heterocycles. The highest BCUT2D eigenvalue weighted by Gasteiger charge is 2.24. The molecule has 2 atom stereocenters. The van der Waals surface area contributed by atoms with Crippen LogP contribution in [0.2, 0.25) is 10.0 Å². The summed E-state index contributed by atoms with van der Waals surface area (Å²) in [6.45, 7) is 0.614. The molecular formula is C20H23Cl2FN4O. The number of nitrogens with zero attached hydrogens (tertiary/aromatic N) is 1. The van der Waals surface area contributed by atoms with E-state index in [9.17, 15) is 9.18 Å². The summed E-state index contributed by atoms with van der Waals surface area (Å²) in [5.74, 6) is -0.230. The summed E-state index contributed by atoms with van der Waals surface area (Å²) >= 11 is 12.0. The smallest absolute Gasteiger partial charge is 0.321 e. The van der Waals surface area contributed by atoms with Crippen LogP contribution in [0.25, 0.3) is 0 Å². The SMILES string of the molecule is CN(CCCC1CC(c2ccc(F)cc2)NN1)C(=O)Nc1cc(Cl)ccc1Cl. The summed E-state index contributed by atoms with van der Waals surface area (Å²) in [7, 11) is 1.75. The average molecular weight is 425 g/mol. The maximum absolute atomic E-state index is 13.0. The molecule has 2 unspecified atom stereocenters. The number of rotatable bonds is 6. The van der Waals surface area contributed by atoms with Crippen molar-refractivity contribution in [3.8, 4) is 0 Å². The van der Waals surface area contributed by atoms with E-state index in [1.807, 2.05) is 0 Å². The number of carbonyl (C=O) groups is 1. The summed E-state index contributed by atoms with van der Waals surface area (Å²) in [4.78, 5) is 13.9. The van der Waals surface area contributed by atoms with Gasteiger partial charge in [0.15, 0.2) is 0 Å². The maximum Gasteiger partial charge on any atom is 0.321 e. The minimum atomic E-state index is -0.231. The van der Waals surface area contributed by atoms with Crippen LogP contribution in [-0.4, -0.2) is 30.6 Å². The lowest BCUT2D eigenvalue weighted by Crippen LogP contribution is -2.34. The van der Waals surface area contributed by atoms with Gasteiger partial charge in [0.25, 0.3) is 0 Å². The number of anilines is 1. The summed E-state index contributed by atoms with van der Waals surface area (Å²) < 4.78 is 13.0. The highest BCUT2D eigenvalue weighted by molar-refractivity contribution is 6.35. The van der Waals surface area contributed by atoms with E-state index >= 15 is 0 Å². The Balaban J connectivity index is 1.41. The molecule has 1 aliphatic heterocycles. The fourth-order valence-corrected chi connectivity index (χ4v) is 3.54. The van der Waals surface area contributed by atoms with Crippen molar-refractivity contribution in [2.75, 3.05) is 18.9 Å². The monoisotopic (exact) mass is 424 g/mol. The maximum atomic E-state index is 13.0. The van der Waals surface area contributed by atoms with Gasteiger partial charge in [0, 0.05) is 30.7 Å². The Morgan fingerprint density at radius 1 is 1.21 bits per heavy atom. The summed E-state index contributed by atoms with van der Waals surface area (Å²) in [5, 5.41) is 3.73. The molecule has 1 aliphatic rings. The molecule has 1 fully saturated rings. The van der Waals surface area contributed by atoms with Gasteiger partial charge in [-0.1, -0.05) is 35.3 Å². The first-order chi connectivity index (χ1) is 13.4. The second-order valence-electron chi connectivity index (χ2n) is 6.94. The van der Waals surface area contributed by atoms with Crippen molar-refractivity contribution >= 4 is 34.9 Å². The number of carbonyl (C=O) groups excluding carboxylic acids is 1. The molecule has 0 bridgehead atoms. The van der Waals surface area contributed by atoms with Crippen LogP contribution in [0.15, 0.2) is 42.5 Å². The molecule has 0 aliphatic carbocycles. The topological polar surface area (TPSA) is 56.4 Å². The molecular weight excluding hydrogens is 402 g/mol. The zero-order chi connectivity index (χ0) is 20.1. The van der Waals surface area contributed by atoms with E-state index in [0.29, 0.717) is 28.3 Å². The van der Waals surface area contributed by atoms with Crippen molar-refractivity contribution in [1.29, 1.82) is 0 Å².